The van der Waals surface area contributed by atoms with Crippen LogP contribution in [-0.2, 0) is 19.1 Å². The Morgan fingerprint density at radius 3 is 2.71 bits per heavy atom. The van der Waals surface area contributed by atoms with Crippen molar-refractivity contribution >= 4 is 11.9 Å². The highest BCUT2D eigenvalue weighted by atomic mass is 16.5. The molecule has 0 aromatic rings. The molecule has 5 heteroatoms. The number of amides is 1. The highest BCUT2D eigenvalue weighted by molar-refractivity contribution is 5.84. The van der Waals surface area contributed by atoms with Crippen LogP contribution in [0.5, 0.6) is 0 Å². The fourth-order valence-corrected chi connectivity index (χ4v) is 2.12. The van der Waals surface area contributed by atoms with Crippen LogP contribution < -0.4 is 0 Å². The average molecular weight is 243 g/mol. The summed E-state index contributed by atoms with van der Waals surface area (Å²) in [4.78, 5) is 25.2. The van der Waals surface area contributed by atoms with Crippen LogP contribution in [-0.4, -0.2) is 50.2 Å². The van der Waals surface area contributed by atoms with E-state index in [4.69, 9.17) is 9.47 Å². The molecule has 98 valence electrons. The predicted molar refractivity (Wildman–Crippen MR) is 62.5 cm³/mol. The van der Waals surface area contributed by atoms with Crippen LogP contribution in [0.15, 0.2) is 0 Å². The molecule has 0 aliphatic carbocycles. The topological polar surface area (TPSA) is 55.8 Å². The summed E-state index contributed by atoms with van der Waals surface area (Å²) >= 11 is 0. The molecule has 0 aromatic carbocycles. The van der Waals surface area contributed by atoms with E-state index in [1.54, 1.807) is 12.0 Å². The number of hydrogen-bond acceptors (Lipinski definition) is 4. The molecule has 1 aliphatic heterocycles. The maximum absolute atomic E-state index is 12.0. The van der Waals surface area contributed by atoms with Gasteiger partial charge in [0.25, 0.3) is 0 Å². The summed E-state index contributed by atoms with van der Waals surface area (Å²) in [5, 5.41) is 0. The van der Waals surface area contributed by atoms with E-state index in [1.807, 2.05) is 0 Å². The summed E-state index contributed by atoms with van der Waals surface area (Å²) in [6.45, 7) is 1.23. The Morgan fingerprint density at radius 2 is 2.06 bits per heavy atom. The van der Waals surface area contributed by atoms with E-state index in [9.17, 15) is 9.59 Å². The molecule has 1 unspecified atom stereocenters. The molecule has 0 spiro atoms. The molecular formula is C12H21NO4. The van der Waals surface area contributed by atoms with Crippen molar-refractivity contribution in [2.24, 2.45) is 0 Å². The molecule has 0 bridgehead atoms. The van der Waals surface area contributed by atoms with E-state index < -0.39 is 0 Å². The van der Waals surface area contributed by atoms with Crippen molar-refractivity contribution in [1.82, 2.24) is 4.90 Å². The zero-order valence-electron chi connectivity index (χ0n) is 10.6. The van der Waals surface area contributed by atoms with Gasteiger partial charge in [-0.15, -0.1) is 0 Å². The molecule has 0 N–H and O–H groups in total. The lowest BCUT2D eigenvalue weighted by molar-refractivity contribution is -0.154. The first-order chi connectivity index (χ1) is 8.20. The number of nitrogens with zero attached hydrogens (tertiary/aromatic N) is 1. The number of carbonyl (C=O) groups is 2. The molecule has 0 saturated carbocycles. The Balaban J connectivity index is 2.52. The number of hydrogen-bond donors (Lipinski definition) is 0. The molecular weight excluding hydrogens is 222 g/mol. The maximum atomic E-state index is 12.0. The van der Waals surface area contributed by atoms with Gasteiger partial charge in [-0.05, 0) is 25.7 Å². The minimum atomic E-state index is -0.385. The lowest BCUT2D eigenvalue weighted by atomic mass is 10.0. The van der Waals surface area contributed by atoms with Gasteiger partial charge in [0.05, 0.1) is 7.11 Å². The van der Waals surface area contributed by atoms with Crippen molar-refractivity contribution < 1.29 is 19.1 Å². The monoisotopic (exact) mass is 243 g/mol. The zero-order valence-corrected chi connectivity index (χ0v) is 10.6. The largest absolute Gasteiger partial charge is 0.467 e. The minimum Gasteiger partial charge on any atom is -0.467 e. The Labute approximate surface area is 102 Å². The van der Waals surface area contributed by atoms with Crippen LogP contribution >= 0.6 is 0 Å². The fourth-order valence-electron chi connectivity index (χ4n) is 2.12. The van der Waals surface area contributed by atoms with Crippen LogP contribution in [0.2, 0.25) is 0 Å². The molecule has 1 fully saturated rings. The molecule has 0 radical (unpaired) electrons. The van der Waals surface area contributed by atoms with Gasteiger partial charge in [0.15, 0.2) is 0 Å². The van der Waals surface area contributed by atoms with Gasteiger partial charge in [0.1, 0.15) is 6.04 Å². The summed E-state index contributed by atoms with van der Waals surface area (Å²) in [7, 11) is 2.98. The van der Waals surface area contributed by atoms with Gasteiger partial charge in [-0.2, -0.15) is 0 Å². The van der Waals surface area contributed by atoms with Crippen molar-refractivity contribution in [2.45, 2.75) is 38.1 Å². The van der Waals surface area contributed by atoms with Gasteiger partial charge < -0.3 is 14.4 Å². The molecule has 1 rings (SSSR count). The summed E-state index contributed by atoms with van der Waals surface area (Å²) in [5.41, 5.74) is 0. The van der Waals surface area contributed by atoms with Crippen molar-refractivity contribution in [3.63, 3.8) is 0 Å². The highest BCUT2D eigenvalue weighted by Crippen LogP contribution is 2.19. The second-order valence-corrected chi connectivity index (χ2v) is 4.22. The highest BCUT2D eigenvalue weighted by Gasteiger charge is 2.32. The van der Waals surface area contributed by atoms with Crippen molar-refractivity contribution in [3.8, 4) is 0 Å². The van der Waals surface area contributed by atoms with E-state index in [2.05, 4.69) is 0 Å². The van der Waals surface area contributed by atoms with Crippen LogP contribution in [0.3, 0.4) is 0 Å². The third-order valence-corrected chi connectivity index (χ3v) is 3.04. The quantitative estimate of drug-likeness (QED) is 0.533. The first kappa shape index (κ1) is 14.0. The molecule has 17 heavy (non-hydrogen) atoms. The van der Waals surface area contributed by atoms with Gasteiger partial charge >= 0.3 is 5.97 Å². The number of likely N-dealkylation sites (tertiary alicyclic amines) is 1. The summed E-state index contributed by atoms with van der Waals surface area (Å²) in [6.07, 6.45) is 3.77. The van der Waals surface area contributed by atoms with Crippen LogP contribution in [0.4, 0.5) is 0 Å². The summed E-state index contributed by atoms with van der Waals surface area (Å²) < 4.78 is 9.65. The lowest BCUT2D eigenvalue weighted by Crippen LogP contribution is -2.48. The maximum Gasteiger partial charge on any atom is 0.328 e. The van der Waals surface area contributed by atoms with Crippen molar-refractivity contribution in [1.29, 1.82) is 0 Å². The van der Waals surface area contributed by atoms with E-state index in [0.717, 1.165) is 12.8 Å². The Morgan fingerprint density at radius 1 is 1.29 bits per heavy atom. The van der Waals surface area contributed by atoms with Gasteiger partial charge in [-0.3, -0.25) is 4.79 Å². The summed E-state index contributed by atoms with van der Waals surface area (Å²) in [6, 6.07) is -0.385. The van der Waals surface area contributed by atoms with Crippen LogP contribution in [0.25, 0.3) is 0 Å². The first-order valence-electron chi connectivity index (χ1n) is 6.07. The smallest absolute Gasteiger partial charge is 0.328 e. The molecule has 5 nitrogen and oxygen atoms in total. The predicted octanol–water partition coefficient (Wildman–Crippen LogP) is 0.967. The standard InChI is InChI=1S/C12H21NO4/c1-16-9-5-7-11(14)13-8-4-3-6-10(13)12(15)17-2/h10H,3-9H2,1-2H3. The fraction of sp³-hybridized carbons (Fsp3) is 0.833. The zero-order chi connectivity index (χ0) is 12.7. The number of rotatable bonds is 5. The van der Waals surface area contributed by atoms with Crippen LogP contribution in [0.1, 0.15) is 32.1 Å². The molecule has 1 atom stereocenters. The van der Waals surface area contributed by atoms with E-state index in [1.165, 1.54) is 7.11 Å². The number of carbonyl (C=O) groups excluding carboxylic acids is 2. The van der Waals surface area contributed by atoms with Gasteiger partial charge in [-0.25, -0.2) is 4.79 Å². The SMILES string of the molecule is COCCCC(=O)N1CCCCC1C(=O)OC. The third-order valence-electron chi connectivity index (χ3n) is 3.04. The van der Waals surface area contributed by atoms with Crippen LogP contribution in [0, 0.1) is 0 Å². The number of esters is 1. The van der Waals surface area contributed by atoms with Gasteiger partial charge in [0, 0.05) is 26.7 Å². The van der Waals surface area contributed by atoms with E-state index in [0.29, 0.717) is 32.4 Å². The van der Waals surface area contributed by atoms with Crippen molar-refractivity contribution in [2.75, 3.05) is 27.4 Å². The second-order valence-electron chi connectivity index (χ2n) is 4.22. The van der Waals surface area contributed by atoms with E-state index >= 15 is 0 Å². The van der Waals surface area contributed by atoms with Gasteiger partial charge in [-0.1, -0.05) is 0 Å². The number of ether oxygens (including phenoxy) is 2. The van der Waals surface area contributed by atoms with E-state index in [-0.39, 0.29) is 17.9 Å². The summed E-state index contributed by atoms with van der Waals surface area (Å²) in [5.74, 6) is -0.276. The average Bonchev–Trinajstić information content (AvgIpc) is 2.38. The molecule has 1 saturated heterocycles. The Bertz CT molecular complexity index is 267. The normalized spacial score (nSPS) is 20.1. The Hall–Kier alpha value is -1.10. The molecule has 1 amide bonds. The minimum absolute atomic E-state index is 0.0251. The Kier molecular flexibility index (Phi) is 5.97. The number of piperidine rings is 1. The molecule has 1 aliphatic rings. The molecule has 0 aromatic heterocycles. The third kappa shape index (κ3) is 4.00. The van der Waals surface area contributed by atoms with Gasteiger partial charge in [0.2, 0.25) is 5.91 Å². The lowest BCUT2D eigenvalue weighted by Gasteiger charge is -2.33. The van der Waals surface area contributed by atoms with Crippen molar-refractivity contribution in [3.05, 3.63) is 0 Å². The molecule has 1 heterocycles. The number of methoxy groups -OCH3 is 2. The first-order valence-corrected chi connectivity index (χ1v) is 6.07. The second kappa shape index (κ2) is 7.27.